The number of fused-ring (bicyclic) bond motifs is 1. The number of carbonyl (C=O) groups is 1. The molecule has 1 aromatic carbocycles. The number of alkyl halides is 2. The quantitative estimate of drug-likeness (QED) is 0.830. The van der Waals surface area contributed by atoms with E-state index < -0.39 is 5.92 Å². The largest absolute Gasteiger partial charge is 0.482 e. The van der Waals surface area contributed by atoms with Crippen LogP contribution in [0, 0.1) is 12.8 Å². The van der Waals surface area contributed by atoms with Crippen LogP contribution in [0.2, 0.25) is 0 Å². The topological polar surface area (TPSA) is 51.5 Å². The van der Waals surface area contributed by atoms with Gasteiger partial charge in [0.2, 0.25) is 5.92 Å². The minimum atomic E-state index is -2.61. The predicted molar refractivity (Wildman–Crippen MR) is 97.4 cm³/mol. The lowest BCUT2D eigenvalue weighted by Gasteiger charge is -2.39. The Bertz CT molecular complexity index is 949. The highest BCUT2D eigenvalue weighted by molar-refractivity contribution is 5.98. The maximum absolute atomic E-state index is 13.2. The van der Waals surface area contributed by atoms with Crippen molar-refractivity contribution in [1.82, 2.24) is 4.57 Å². The number of hydrogen-bond donors (Lipinski definition) is 0. The summed E-state index contributed by atoms with van der Waals surface area (Å²) < 4.78 is 33.4. The van der Waals surface area contributed by atoms with E-state index in [1.54, 1.807) is 37.2 Å². The zero-order chi connectivity index (χ0) is 19.3. The van der Waals surface area contributed by atoms with Gasteiger partial charge in [-0.2, -0.15) is 0 Å². The zero-order valence-electron chi connectivity index (χ0n) is 15.2. The number of aryl methyl sites for hydroxylation is 2. The highest BCUT2D eigenvalue weighted by atomic mass is 19.3. The molecule has 1 aliphatic heterocycles. The first-order chi connectivity index (χ1) is 12.7. The van der Waals surface area contributed by atoms with Gasteiger partial charge in [-0.25, -0.2) is 8.78 Å². The lowest BCUT2D eigenvalue weighted by atomic mass is 9.81. The van der Waals surface area contributed by atoms with Gasteiger partial charge in [0, 0.05) is 38.2 Å². The van der Waals surface area contributed by atoms with Crippen molar-refractivity contribution in [3.8, 4) is 16.9 Å². The van der Waals surface area contributed by atoms with Gasteiger partial charge in [0.15, 0.2) is 6.61 Å². The molecule has 1 aliphatic carbocycles. The van der Waals surface area contributed by atoms with Crippen molar-refractivity contribution in [1.29, 1.82) is 0 Å². The SMILES string of the molecule is Cc1cc(-c2ccc3c(c2)N(CC2CC(F)(F)C2)C(=O)CO3)cn(C)c1=O. The van der Waals surface area contributed by atoms with E-state index in [-0.39, 0.29) is 43.4 Å². The van der Waals surface area contributed by atoms with Crippen LogP contribution in [0.3, 0.4) is 0 Å². The van der Waals surface area contributed by atoms with Gasteiger partial charge in [0.1, 0.15) is 5.75 Å². The van der Waals surface area contributed by atoms with Crippen LogP contribution < -0.4 is 15.2 Å². The van der Waals surface area contributed by atoms with Crippen molar-refractivity contribution in [3.05, 3.63) is 46.4 Å². The summed E-state index contributed by atoms with van der Waals surface area (Å²) in [5, 5.41) is 0. The van der Waals surface area contributed by atoms with Gasteiger partial charge in [-0.1, -0.05) is 6.07 Å². The Morgan fingerprint density at radius 1 is 1.19 bits per heavy atom. The number of carbonyl (C=O) groups excluding carboxylic acids is 1. The summed E-state index contributed by atoms with van der Waals surface area (Å²) in [5.41, 5.74) is 2.81. The van der Waals surface area contributed by atoms with Crippen molar-refractivity contribution in [2.24, 2.45) is 13.0 Å². The van der Waals surface area contributed by atoms with E-state index >= 15 is 0 Å². The third kappa shape index (κ3) is 3.22. The number of hydrogen-bond acceptors (Lipinski definition) is 3. The molecule has 142 valence electrons. The fraction of sp³-hybridized carbons (Fsp3) is 0.400. The van der Waals surface area contributed by atoms with E-state index in [0.29, 0.717) is 17.0 Å². The van der Waals surface area contributed by atoms with Crippen LogP contribution in [-0.2, 0) is 11.8 Å². The lowest BCUT2D eigenvalue weighted by Crippen LogP contribution is -2.47. The Labute approximate surface area is 155 Å². The number of nitrogens with zero attached hydrogens (tertiary/aromatic N) is 2. The Balaban J connectivity index is 1.69. The van der Waals surface area contributed by atoms with Gasteiger partial charge in [-0.15, -0.1) is 0 Å². The number of anilines is 1. The monoisotopic (exact) mass is 374 g/mol. The van der Waals surface area contributed by atoms with Crippen molar-refractivity contribution in [3.63, 3.8) is 0 Å². The number of benzene rings is 1. The average molecular weight is 374 g/mol. The van der Waals surface area contributed by atoms with E-state index in [1.807, 2.05) is 12.1 Å². The van der Waals surface area contributed by atoms with Crippen LogP contribution in [0.25, 0.3) is 11.1 Å². The smallest absolute Gasteiger partial charge is 0.265 e. The number of aromatic nitrogens is 1. The van der Waals surface area contributed by atoms with E-state index in [0.717, 1.165) is 11.1 Å². The fourth-order valence-corrected chi connectivity index (χ4v) is 3.79. The molecule has 1 amide bonds. The van der Waals surface area contributed by atoms with E-state index in [1.165, 1.54) is 4.57 Å². The maximum atomic E-state index is 13.2. The van der Waals surface area contributed by atoms with Gasteiger partial charge < -0.3 is 14.2 Å². The van der Waals surface area contributed by atoms with Crippen LogP contribution in [-0.4, -0.2) is 29.5 Å². The first-order valence-corrected chi connectivity index (χ1v) is 8.86. The molecule has 1 aromatic heterocycles. The molecule has 1 saturated carbocycles. The molecular weight excluding hydrogens is 354 g/mol. The van der Waals surface area contributed by atoms with Gasteiger partial charge >= 0.3 is 0 Å². The van der Waals surface area contributed by atoms with Crippen LogP contribution in [0.15, 0.2) is 35.3 Å². The molecule has 5 nitrogen and oxygen atoms in total. The van der Waals surface area contributed by atoms with Gasteiger partial charge in [0.05, 0.1) is 5.69 Å². The van der Waals surface area contributed by atoms with E-state index in [4.69, 9.17) is 4.74 Å². The standard InChI is InChI=1S/C20H20F2N2O3/c1-12-5-15(10-23(2)19(12)26)14-3-4-17-16(6-14)24(18(25)11-27-17)9-13-7-20(21,22)8-13/h3-6,10,13H,7-9,11H2,1-2H3. The summed E-state index contributed by atoms with van der Waals surface area (Å²) in [6, 6.07) is 7.26. The van der Waals surface area contributed by atoms with Crippen LogP contribution in [0.1, 0.15) is 18.4 Å². The summed E-state index contributed by atoms with van der Waals surface area (Å²) in [4.78, 5) is 25.8. The minimum Gasteiger partial charge on any atom is -0.482 e. The normalized spacial score (nSPS) is 18.7. The third-order valence-corrected chi connectivity index (χ3v) is 5.21. The summed E-state index contributed by atoms with van der Waals surface area (Å²) in [5.74, 6) is -2.49. The second-order valence-electron chi connectivity index (χ2n) is 7.43. The number of ether oxygens (including phenoxy) is 1. The predicted octanol–water partition coefficient (Wildman–Crippen LogP) is 3.13. The molecule has 0 radical (unpaired) electrons. The van der Waals surface area contributed by atoms with Crippen LogP contribution >= 0.6 is 0 Å². The van der Waals surface area contributed by atoms with Crippen LogP contribution in [0.5, 0.6) is 5.75 Å². The Kier molecular flexibility index (Phi) is 4.05. The Morgan fingerprint density at radius 3 is 2.59 bits per heavy atom. The van der Waals surface area contributed by atoms with E-state index in [2.05, 4.69) is 0 Å². The molecule has 0 atom stereocenters. The third-order valence-electron chi connectivity index (χ3n) is 5.21. The Hall–Kier alpha value is -2.70. The van der Waals surface area contributed by atoms with Crippen molar-refractivity contribution in [2.45, 2.75) is 25.7 Å². The zero-order valence-corrected chi connectivity index (χ0v) is 15.2. The number of rotatable bonds is 3. The molecule has 7 heteroatoms. The highest BCUT2D eigenvalue weighted by Gasteiger charge is 2.46. The first kappa shape index (κ1) is 17.7. The molecule has 0 spiro atoms. The highest BCUT2D eigenvalue weighted by Crippen LogP contribution is 2.44. The molecule has 2 heterocycles. The Morgan fingerprint density at radius 2 is 1.93 bits per heavy atom. The molecule has 0 unspecified atom stereocenters. The summed E-state index contributed by atoms with van der Waals surface area (Å²) in [6.07, 6.45) is 1.36. The number of pyridine rings is 1. The fourth-order valence-electron chi connectivity index (χ4n) is 3.79. The molecule has 2 aromatic rings. The second-order valence-corrected chi connectivity index (χ2v) is 7.43. The average Bonchev–Trinajstić information content (AvgIpc) is 2.59. The molecule has 4 rings (SSSR count). The molecule has 1 fully saturated rings. The summed E-state index contributed by atoms with van der Waals surface area (Å²) in [7, 11) is 1.69. The summed E-state index contributed by atoms with van der Waals surface area (Å²) >= 11 is 0. The van der Waals surface area contributed by atoms with Crippen molar-refractivity contribution >= 4 is 11.6 Å². The van der Waals surface area contributed by atoms with Crippen LogP contribution in [0.4, 0.5) is 14.5 Å². The molecule has 27 heavy (non-hydrogen) atoms. The van der Waals surface area contributed by atoms with Crippen molar-refractivity contribution in [2.75, 3.05) is 18.1 Å². The van der Waals surface area contributed by atoms with Gasteiger partial charge in [-0.05, 0) is 42.2 Å². The first-order valence-electron chi connectivity index (χ1n) is 8.86. The van der Waals surface area contributed by atoms with Gasteiger partial charge in [0.25, 0.3) is 11.5 Å². The second kappa shape index (κ2) is 6.18. The van der Waals surface area contributed by atoms with Gasteiger partial charge in [-0.3, -0.25) is 9.59 Å². The lowest BCUT2D eigenvalue weighted by molar-refractivity contribution is -0.125. The maximum Gasteiger partial charge on any atom is 0.265 e. The van der Waals surface area contributed by atoms with Crippen molar-refractivity contribution < 1.29 is 18.3 Å². The summed E-state index contributed by atoms with van der Waals surface area (Å²) in [6.45, 7) is 1.93. The molecule has 2 aliphatic rings. The molecule has 0 bridgehead atoms. The van der Waals surface area contributed by atoms with E-state index in [9.17, 15) is 18.4 Å². The number of amides is 1. The molecule has 0 N–H and O–H groups in total. The minimum absolute atomic E-state index is 0.0669. The molecular formula is C20H20F2N2O3. The molecule has 0 saturated heterocycles. The number of halogens is 2.